The summed E-state index contributed by atoms with van der Waals surface area (Å²) >= 11 is 0. The largest absolute Gasteiger partial charge is 0.444 e. The second-order valence-electron chi connectivity index (χ2n) is 1.32. The first-order valence-electron chi connectivity index (χ1n) is 2.69. The SMILES string of the molecule is N=C(N)[NH2+]N.N=C(N)[NH2+]N.O=N[O-].[Co]. The van der Waals surface area contributed by atoms with E-state index in [1.165, 1.54) is 0 Å². The molecular formula is C2H14CoN9O2+. The predicted molar refractivity (Wildman–Crippen MR) is 45.2 cm³/mol. The minimum Gasteiger partial charge on any atom is -0.444 e. The van der Waals surface area contributed by atoms with Crippen molar-refractivity contribution in [3.05, 3.63) is 10.1 Å². The van der Waals surface area contributed by atoms with Crippen LogP contribution in [0.3, 0.4) is 0 Å². The van der Waals surface area contributed by atoms with Gasteiger partial charge in [0.25, 0.3) is 0 Å². The Morgan fingerprint density at radius 1 is 1.14 bits per heavy atom. The molecule has 0 amide bonds. The molecule has 12 heteroatoms. The zero-order valence-corrected chi connectivity index (χ0v) is 8.10. The third kappa shape index (κ3) is 139. The second-order valence-corrected chi connectivity index (χ2v) is 1.32. The fourth-order valence-corrected chi connectivity index (χ4v) is 0. The molecule has 0 saturated heterocycles. The van der Waals surface area contributed by atoms with E-state index in [1.807, 2.05) is 0 Å². The maximum absolute atomic E-state index is 8.00. The van der Waals surface area contributed by atoms with Crippen molar-refractivity contribution in [2.75, 3.05) is 0 Å². The van der Waals surface area contributed by atoms with E-state index in [0.717, 1.165) is 16.2 Å². The molecule has 0 aromatic carbocycles. The van der Waals surface area contributed by atoms with Crippen LogP contribution < -0.4 is 34.0 Å². The van der Waals surface area contributed by atoms with Crippen LogP contribution in [0.5, 0.6) is 0 Å². The smallest absolute Gasteiger partial charge is 0.308 e. The monoisotopic (exact) mass is 255 g/mol. The molecule has 14 N–H and O–H groups in total. The van der Waals surface area contributed by atoms with Gasteiger partial charge in [0.1, 0.15) is 0 Å². The van der Waals surface area contributed by atoms with E-state index in [1.54, 1.807) is 0 Å². The van der Waals surface area contributed by atoms with Crippen LogP contribution >= 0.6 is 0 Å². The minimum atomic E-state index is -0.0926. The molecule has 87 valence electrons. The summed E-state index contributed by atoms with van der Waals surface area (Å²) in [4.78, 5) is 8.00. The second kappa shape index (κ2) is 22.6. The number of nitrogens with one attached hydrogen (secondary N) is 2. The first-order valence-corrected chi connectivity index (χ1v) is 2.69. The molecule has 1 radical (unpaired) electrons. The third-order valence-corrected chi connectivity index (χ3v) is 0.359. The summed E-state index contributed by atoms with van der Waals surface area (Å²) in [5.74, 6) is 9.21. The summed E-state index contributed by atoms with van der Waals surface area (Å²) in [6, 6.07) is 0. The summed E-state index contributed by atoms with van der Waals surface area (Å²) in [6.45, 7) is 0. The van der Waals surface area contributed by atoms with E-state index in [0.29, 0.717) is 0 Å². The standard InChI is InChI=1S/2CH6N4.Co.HNO2/c2*2-1(3)5-4;;2-1-3/h2*4H2,(H4,2,3,5);;(H,2,3)/p+1. The van der Waals surface area contributed by atoms with Gasteiger partial charge in [0.05, 0.1) is 0 Å². The van der Waals surface area contributed by atoms with Crippen LogP contribution in [0.2, 0.25) is 0 Å². The summed E-state index contributed by atoms with van der Waals surface area (Å²) in [5, 5.41) is 21.7. The van der Waals surface area contributed by atoms with E-state index in [9.17, 15) is 0 Å². The van der Waals surface area contributed by atoms with Gasteiger partial charge in [-0.25, -0.2) is 21.7 Å². The normalized spacial score (nSPS) is 6.14. The fraction of sp³-hybridized carbons (Fsp3) is 0. The zero-order chi connectivity index (χ0) is 11.3. The first kappa shape index (κ1) is 23.0. The Hall–Kier alpha value is -1.31. The van der Waals surface area contributed by atoms with Gasteiger partial charge in [-0.2, -0.15) is 11.7 Å². The van der Waals surface area contributed by atoms with Gasteiger partial charge in [0, 0.05) is 16.8 Å². The van der Waals surface area contributed by atoms with E-state index in [-0.39, 0.29) is 28.7 Å². The van der Waals surface area contributed by atoms with Gasteiger partial charge in [0.15, 0.2) is 0 Å². The van der Waals surface area contributed by atoms with Crippen LogP contribution in [0.25, 0.3) is 0 Å². The average molecular weight is 255 g/mol. The van der Waals surface area contributed by atoms with Crippen molar-refractivity contribution in [3.63, 3.8) is 0 Å². The predicted octanol–water partition coefficient (Wildman–Crippen LogP) is -5.12. The molecule has 0 unspecified atom stereocenters. The number of hydrogen-bond donors (Lipinski definition) is 8. The quantitative estimate of drug-likeness (QED) is 0.0691. The summed E-state index contributed by atoms with van der Waals surface area (Å²) < 4.78 is 0. The van der Waals surface area contributed by atoms with Gasteiger partial charge in [-0.1, -0.05) is 0 Å². The van der Waals surface area contributed by atoms with Gasteiger partial charge >= 0.3 is 11.9 Å². The van der Waals surface area contributed by atoms with E-state index < -0.39 is 0 Å². The van der Waals surface area contributed by atoms with Crippen molar-refractivity contribution in [3.8, 4) is 0 Å². The van der Waals surface area contributed by atoms with Crippen molar-refractivity contribution in [2.24, 2.45) is 28.5 Å². The third-order valence-electron chi connectivity index (χ3n) is 0.359. The van der Waals surface area contributed by atoms with Crippen LogP contribution in [0.4, 0.5) is 0 Å². The Balaban J connectivity index is -0.0000000535. The Kier molecular flexibility index (Phi) is 37.1. The summed E-state index contributed by atoms with van der Waals surface area (Å²) in [7, 11) is 0. The number of nitrogens with two attached hydrogens (primary N) is 6. The van der Waals surface area contributed by atoms with E-state index in [2.05, 4.69) is 0 Å². The molecule has 0 aromatic rings. The molecule has 0 saturated carbocycles. The fourth-order valence-electron chi connectivity index (χ4n) is 0. The summed E-state index contributed by atoms with van der Waals surface area (Å²) in [6.07, 6.45) is 0. The Morgan fingerprint density at radius 2 is 1.21 bits per heavy atom. The molecule has 0 heterocycles. The molecule has 14 heavy (non-hydrogen) atoms. The molecule has 0 rings (SSSR count). The number of nitrogens with zero attached hydrogens (tertiary/aromatic N) is 1. The van der Waals surface area contributed by atoms with Crippen LogP contribution in [-0.4, -0.2) is 11.9 Å². The van der Waals surface area contributed by atoms with Gasteiger partial charge in [-0.15, -0.1) is 5.34 Å². The molecular weight excluding hydrogens is 241 g/mol. The average Bonchev–Trinajstić information content (AvgIpc) is 2.07. The molecule has 0 aliphatic rings. The van der Waals surface area contributed by atoms with Crippen molar-refractivity contribution < 1.29 is 27.6 Å². The van der Waals surface area contributed by atoms with Crippen LogP contribution in [0.15, 0.2) is 5.34 Å². The number of hydrogen-bond acceptors (Lipinski definition) is 7. The molecule has 0 aliphatic carbocycles. The Morgan fingerprint density at radius 3 is 1.21 bits per heavy atom. The van der Waals surface area contributed by atoms with Crippen LogP contribution in [0.1, 0.15) is 0 Å². The Bertz CT molecular complexity index is 136. The van der Waals surface area contributed by atoms with Crippen molar-refractivity contribution in [1.29, 1.82) is 10.8 Å². The van der Waals surface area contributed by atoms with Gasteiger partial charge in [-0.3, -0.25) is 0 Å². The van der Waals surface area contributed by atoms with Crippen molar-refractivity contribution >= 4 is 11.9 Å². The molecule has 0 bridgehead atoms. The van der Waals surface area contributed by atoms with Crippen molar-refractivity contribution in [2.45, 2.75) is 0 Å². The summed E-state index contributed by atoms with van der Waals surface area (Å²) in [5.41, 5.74) is 11.4. The van der Waals surface area contributed by atoms with E-state index in [4.69, 9.17) is 44.1 Å². The number of guanidine groups is 2. The molecule has 0 aliphatic heterocycles. The minimum absolute atomic E-state index is 0. The molecule has 11 nitrogen and oxygen atoms in total. The van der Waals surface area contributed by atoms with Crippen LogP contribution in [-0.2, 0) is 16.8 Å². The number of rotatable bonds is 0. The first-order chi connectivity index (χ1) is 5.95. The van der Waals surface area contributed by atoms with Crippen molar-refractivity contribution in [1.82, 2.24) is 0 Å². The van der Waals surface area contributed by atoms with Gasteiger partial charge < -0.3 is 21.6 Å². The van der Waals surface area contributed by atoms with E-state index >= 15 is 0 Å². The maximum Gasteiger partial charge on any atom is 0.308 e. The topological polar surface area (TPSA) is 237 Å². The van der Waals surface area contributed by atoms with Crippen LogP contribution in [0, 0.1) is 20.9 Å². The van der Waals surface area contributed by atoms with Gasteiger partial charge in [0.2, 0.25) is 0 Å². The molecule has 0 atom stereocenters. The van der Waals surface area contributed by atoms with Gasteiger partial charge in [-0.05, 0) is 0 Å². The molecule has 0 spiro atoms. The number of quaternary nitrogens is 2. The molecule has 0 fully saturated rings. The Labute approximate surface area is 89.6 Å². The zero-order valence-electron chi connectivity index (χ0n) is 7.06. The molecule has 0 aromatic heterocycles. The maximum atomic E-state index is 8.00.